The van der Waals surface area contributed by atoms with Crippen LogP contribution in [0, 0.1) is 11.7 Å². The average molecular weight is 381 g/mol. The molecule has 1 atom stereocenters. The topological polar surface area (TPSA) is 56.2 Å². The van der Waals surface area contributed by atoms with Crippen LogP contribution in [-0.4, -0.2) is 22.1 Å². The number of hydrogen-bond acceptors (Lipinski definition) is 3. The fourth-order valence-electron chi connectivity index (χ4n) is 3.19. The number of amides is 1. The van der Waals surface area contributed by atoms with Crippen LogP contribution in [0.3, 0.4) is 0 Å². The zero-order valence-electron chi connectivity index (χ0n) is 15.9. The number of rotatable bonds is 8. The van der Waals surface area contributed by atoms with Gasteiger partial charge in [-0.25, -0.2) is 4.39 Å². The Balaban J connectivity index is 1.29. The summed E-state index contributed by atoms with van der Waals surface area (Å²) in [5, 5.41) is 3.93. The van der Waals surface area contributed by atoms with Crippen molar-refractivity contribution in [2.75, 3.05) is 6.61 Å². The van der Waals surface area contributed by atoms with Gasteiger partial charge in [0.1, 0.15) is 11.6 Å². The van der Waals surface area contributed by atoms with Crippen LogP contribution in [0.15, 0.2) is 48.8 Å². The fourth-order valence-corrected chi connectivity index (χ4v) is 3.19. The summed E-state index contributed by atoms with van der Waals surface area (Å²) in [4.78, 5) is 16.7. The van der Waals surface area contributed by atoms with E-state index in [1.54, 1.807) is 12.3 Å². The van der Waals surface area contributed by atoms with Gasteiger partial charge in [-0.3, -0.25) is 9.78 Å². The Hall–Kier alpha value is -2.89. The van der Waals surface area contributed by atoms with E-state index in [2.05, 4.69) is 10.3 Å². The van der Waals surface area contributed by atoms with E-state index in [1.807, 2.05) is 35.9 Å². The highest BCUT2D eigenvalue weighted by molar-refractivity contribution is 5.81. The van der Waals surface area contributed by atoms with E-state index >= 15 is 0 Å². The summed E-state index contributed by atoms with van der Waals surface area (Å²) in [6.45, 7) is 3.16. The number of hydrogen-bond donors (Lipinski definition) is 1. The second-order valence-electron chi connectivity index (χ2n) is 7.42. The number of halogens is 1. The third-order valence-electron chi connectivity index (χ3n) is 5.08. The van der Waals surface area contributed by atoms with Gasteiger partial charge in [0.2, 0.25) is 5.91 Å². The molecule has 146 valence electrons. The van der Waals surface area contributed by atoms with Gasteiger partial charge in [0, 0.05) is 19.2 Å². The SMILES string of the molecule is CC(NC(=O)CCn1ccc2ccc(F)cc21)c1ccc(OCC2CC2)cn1. The molecule has 4 rings (SSSR count). The smallest absolute Gasteiger partial charge is 0.222 e. The molecule has 2 heterocycles. The molecule has 1 N–H and O–H groups in total. The van der Waals surface area contributed by atoms with Crippen molar-refractivity contribution in [2.45, 2.75) is 38.8 Å². The van der Waals surface area contributed by atoms with Crippen LogP contribution >= 0.6 is 0 Å². The molecule has 1 unspecified atom stereocenters. The summed E-state index contributed by atoms with van der Waals surface area (Å²) in [6.07, 6.45) is 6.40. The Morgan fingerprint density at radius 2 is 2.18 bits per heavy atom. The Morgan fingerprint density at radius 3 is 2.93 bits per heavy atom. The van der Waals surface area contributed by atoms with E-state index in [1.165, 1.54) is 25.0 Å². The number of pyridine rings is 1. The van der Waals surface area contributed by atoms with E-state index in [0.29, 0.717) is 18.9 Å². The highest BCUT2D eigenvalue weighted by atomic mass is 19.1. The van der Waals surface area contributed by atoms with Gasteiger partial charge in [0.15, 0.2) is 0 Å². The first kappa shape index (κ1) is 18.5. The zero-order chi connectivity index (χ0) is 19.5. The van der Waals surface area contributed by atoms with Crippen LogP contribution in [0.25, 0.3) is 10.9 Å². The molecule has 0 aliphatic heterocycles. The molecular formula is C22H24FN3O2. The standard InChI is InChI=1S/C22H24FN3O2/c1-15(20-7-6-19(13-24-20)28-14-16-2-3-16)25-22(27)9-11-26-10-8-17-4-5-18(23)12-21(17)26/h4-8,10,12-13,15-16H,2-3,9,11,14H2,1H3,(H,25,27). The van der Waals surface area contributed by atoms with Crippen LogP contribution in [0.1, 0.15) is 37.9 Å². The number of fused-ring (bicyclic) bond motifs is 1. The maximum absolute atomic E-state index is 13.5. The van der Waals surface area contributed by atoms with E-state index in [0.717, 1.165) is 29.0 Å². The number of nitrogens with zero attached hydrogens (tertiary/aromatic N) is 2. The van der Waals surface area contributed by atoms with Gasteiger partial charge >= 0.3 is 0 Å². The molecule has 0 radical (unpaired) electrons. The molecule has 28 heavy (non-hydrogen) atoms. The predicted octanol–water partition coefficient (Wildman–Crippen LogP) is 4.23. The molecule has 1 saturated carbocycles. The normalized spacial score (nSPS) is 14.8. The van der Waals surface area contributed by atoms with E-state index < -0.39 is 0 Å². The second-order valence-corrected chi connectivity index (χ2v) is 7.42. The molecule has 3 aromatic rings. The maximum atomic E-state index is 13.5. The number of aromatic nitrogens is 2. The Labute approximate surface area is 163 Å². The van der Waals surface area contributed by atoms with Crippen molar-refractivity contribution in [3.05, 3.63) is 60.3 Å². The lowest BCUT2D eigenvalue weighted by Crippen LogP contribution is -2.27. The number of carbonyl (C=O) groups excluding carboxylic acids is 1. The molecule has 0 saturated heterocycles. The lowest BCUT2D eigenvalue weighted by molar-refractivity contribution is -0.121. The van der Waals surface area contributed by atoms with E-state index in [-0.39, 0.29) is 17.8 Å². The Kier molecular flexibility index (Phi) is 5.28. The van der Waals surface area contributed by atoms with Crippen LogP contribution < -0.4 is 10.1 Å². The summed E-state index contributed by atoms with van der Waals surface area (Å²) in [6, 6.07) is 10.2. The second kappa shape index (κ2) is 8.00. The third-order valence-corrected chi connectivity index (χ3v) is 5.08. The minimum absolute atomic E-state index is 0.0680. The molecule has 5 nitrogen and oxygen atoms in total. The van der Waals surface area contributed by atoms with Crippen LogP contribution in [0.2, 0.25) is 0 Å². The third kappa shape index (κ3) is 4.50. The van der Waals surface area contributed by atoms with Gasteiger partial charge < -0.3 is 14.6 Å². The van der Waals surface area contributed by atoms with Crippen molar-refractivity contribution in [2.24, 2.45) is 5.92 Å². The van der Waals surface area contributed by atoms with Gasteiger partial charge in [-0.1, -0.05) is 0 Å². The first-order chi connectivity index (χ1) is 13.6. The molecule has 1 aliphatic rings. The molecule has 0 bridgehead atoms. The highest BCUT2D eigenvalue weighted by Crippen LogP contribution is 2.29. The van der Waals surface area contributed by atoms with Gasteiger partial charge in [-0.15, -0.1) is 0 Å². The molecule has 1 fully saturated rings. The quantitative estimate of drug-likeness (QED) is 0.635. The minimum Gasteiger partial charge on any atom is -0.492 e. The summed E-state index contributed by atoms with van der Waals surface area (Å²) in [7, 11) is 0. The van der Waals surface area contributed by atoms with Crippen molar-refractivity contribution in [3.63, 3.8) is 0 Å². The molecule has 2 aromatic heterocycles. The van der Waals surface area contributed by atoms with Crippen molar-refractivity contribution in [3.8, 4) is 5.75 Å². The van der Waals surface area contributed by atoms with Crippen molar-refractivity contribution < 1.29 is 13.9 Å². The molecule has 1 aromatic carbocycles. The van der Waals surface area contributed by atoms with Gasteiger partial charge in [0.05, 0.1) is 30.1 Å². The highest BCUT2D eigenvalue weighted by Gasteiger charge is 2.22. The van der Waals surface area contributed by atoms with Crippen molar-refractivity contribution in [1.29, 1.82) is 0 Å². The predicted molar refractivity (Wildman–Crippen MR) is 106 cm³/mol. The summed E-state index contributed by atoms with van der Waals surface area (Å²) in [5.41, 5.74) is 1.59. The lowest BCUT2D eigenvalue weighted by atomic mass is 10.2. The molecule has 6 heteroatoms. The summed E-state index contributed by atoms with van der Waals surface area (Å²) < 4.78 is 21.0. The van der Waals surface area contributed by atoms with Gasteiger partial charge in [-0.2, -0.15) is 0 Å². The average Bonchev–Trinajstić information content (AvgIpc) is 3.44. The molecule has 1 amide bonds. The minimum atomic E-state index is -0.277. The maximum Gasteiger partial charge on any atom is 0.222 e. The van der Waals surface area contributed by atoms with Crippen LogP contribution in [0.5, 0.6) is 5.75 Å². The molecule has 1 aliphatic carbocycles. The van der Waals surface area contributed by atoms with Gasteiger partial charge in [-0.05, 0) is 67.5 Å². The fraction of sp³-hybridized carbons (Fsp3) is 0.364. The number of nitrogens with one attached hydrogen (secondary N) is 1. The van der Waals surface area contributed by atoms with Gasteiger partial charge in [0.25, 0.3) is 0 Å². The Morgan fingerprint density at radius 1 is 1.32 bits per heavy atom. The van der Waals surface area contributed by atoms with Crippen LogP contribution in [-0.2, 0) is 11.3 Å². The first-order valence-electron chi connectivity index (χ1n) is 9.71. The lowest BCUT2D eigenvalue weighted by Gasteiger charge is -2.14. The molecular weight excluding hydrogens is 357 g/mol. The number of carbonyl (C=O) groups is 1. The first-order valence-corrected chi connectivity index (χ1v) is 9.71. The summed E-state index contributed by atoms with van der Waals surface area (Å²) >= 11 is 0. The van der Waals surface area contributed by atoms with E-state index in [4.69, 9.17) is 4.74 Å². The van der Waals surface area contributed by atoms with Crippen molar-refractivity contribution in [1.82, 2.24) is 14.9 Å². The Bertz CT molecular complexity index is 964. The molecule has 0 spiro atoms. The number of benzene rings is 1. The number of ether oxygens (including phenoxy) is 1. The largest absolute Gasteiger partial charge is 0.492 e. The zero-order valence-corrected chi connectivity index (χ0v) is 15.9. The van der Waals surface area contributed by atoms with E-state index in [9.17, 15) is 9.18 Å². The summed E-state index contributed by atoms with van der Waals surface area (Å²) in [5.74, 6) is 1.12. The van der Waals surface area contributed by atoms with Crippen LogP contribution in [0.4, 0.5) is 4.39 Å². The number of aryl methyl sites for hydroxylation is 1. The van der Waals surface area contributed by atoms with Crippen molar-refractivity contribution >= 4 is 16.8 Å². The monoisotopic (exact) mass is 381 g/mol.